The van der Waals surface area contributed by atoms with Gasteiger partial charge in [0, 0.05) is 5.57 Å². The topological polar surface area (TPSA) is 105 Å². The van der Waals surface area contributed by atoms with Crippen LogP contribution in [0.4, 0.5) is 0 Å². The number of carbonyl (C=O) groups is 1. The van der Waals surface area contributed by atoms with Gasteiger partial charge in [-0.15, -0.1) is 0 Å². The normalized spacial score (nSPS) is 27.4. The van der Waals surface area contributed by atoms with Gasteiger partial charge in [0.25, 0.3) is 0 Å². The van der Waals surface area contributed by atoms with E-state index in [-0.39, 0.29) is 48.7 Å². The second-order valence-electron chi connectivity index (χ2n) is 14.0. The highest BCUT2D eigenvalue weighted by Gasteiger charge is 2.40. The monoisotopic (exact) mass is 622 g/mol. The van der Waals surface area contributed by atoms with Crippen molar-refractivity contribution in [2.45, 2.75) is 217 Å². The van der Waals surface area contributed by atoms with Gasteiger partial charge in [0.15, 0.2) is 0 Å². The molecule has 44 heavy (non-hydrogen) atoms. The van der Waals surface area contributed by atoms with E-state index in [0.717, 1.165) is 108 Å². The van der Waals surface area contributed by atoms with E-state index in [9.17, 15) is 20.1 Å². The zero-order chi connectivity index (χ0) is 31.6. The minimum absolute atomic E-state index is 0.0248. The van der Waals surface area contributed by atoms with Crippen LogP contribution in [-0.2, 0) is 19.0 Å². The molecule has 2 fully saturated rings. The first-order valence-corrected chi connectivity index (χ1v) is 18.6. The Morgan fingerprint density at radius 1 is 0.659 bits per heavy atom. The van der Waals surface area contributed by atoms with E-state index in [1.165, 1.54) is 44.9 Å². The lowest BCUT2D eigenvalue weighted by atomic mass is 9.99. The van der Waals surface area contributed by atoms with Gasteiger partial charge < -0.3 is 29.5 Å². The Hall–Kier alpha value is -0.990. The van der Waals surface area contributed by atoms with Crippen LogP contribution in [0.5, 0.6) is 0 Å². The zero-order valence-corrected chi connectivity index (χ0v) is 28.1. The molecule has 0 aromatic carbocycles. The lowest BCUT2D eigenvalue weighted by molar-refractivity contribution is -0.139. The van der Waals surface area contributed by atoms with Crippen LogP contribution in [0.15, 0.2) is 11.6 Å². The van der Waals surface area contributed by atoms with Gasteiger partial charge >= 0.3 is 5.97 Å². The SMILES string of the molecule is CCCCCCCCCC[C@@H](O)[C@H]1CC[C@@H]([C@H]2CCC([C@H](O)CCCC[C@H](O)CCCCCCCC3=C[C@H](C)OC3=O)O2)O1. The molecule has 3 N–H and O–H groups in total. The average molecular weight is 623 g/mol. The molecule has 0 bridgehead atoms. The smallest absolute Gasteiger partial charge is 0.334 e. The summed E-state index contributed by atoms with van der Waals surface area (Å²) in [6.07, 6.45) is 25.6. The molecule has 0 aromatic heterocycles. The number of hydrogen-bond donors (Lipinski definition) is 3. The zero-order valence-electron chi connectivity index (χ0n) is 28.1. The molecular weight excluding hydrogens is 556 g/mol. The van der Waals surface area contributed by atoms with Crippen LogP contribution < -0.4 is 0 Å². The third kappa shape index (κ3) is 14.2. The van der Waals surface area contributed by atoms with Crippen molar-refractivity contribution in [1.29, 1.82) is 0 Å². The highest BCUT2D eigenvalue weighted by Crippen LogP contribution is 2.34. The Bertz CT molecular complexity index is 801. The molecule has 0 aromatic rings. The largest absolute Gasteiger partial charge is 0.455 e. The second-order valence-corrected chi connectivity index (χ2v) is 14.0. The highest BCUT2D eigenvalue weighted by atomic mass is 16.6. The fraction of sp³-hybridized carbons (Fsp3) is 0.919. The molecule has 3 heterocycles. The van der Waals surface area contributed by atoms with Crippen molar-refractivity contribution in [1.82, 2.24) is 0 Å². The molecule has 7 nitrogen and oxygen atoms in total. The van der Waals surface area contributed by atoms with E-state index in [1.54, 1.807) is 0 Å². The predicted octanol–water partition coefficient (Wildman–Crippen LogP) is 7.86. The molecule has 256 valence electrons. The first kappa shape index (κ1) is 37.5. The van der Waals surface area contributed by atoms with Crippen LogP contribution in [0.2, 0.25) is 0 Å². The third-order valence-electron chi connectivity index (χ3n) is 10.1. The maximum absolute atomic E-state index is 11.6. The van der Waals surface area contributed by atoms with E-state index in [0.29, 0.717) is 6.42 Å². The first-order chi connectivity index (χ1) is 21.4. The highest BCUT2D eigenvalue weighted by molar-refractivity contribution is 5.90. The molecule has 7 heteroatoms. The van der Waals surface area contributed by atoms with Gasteiger partial charge in [-0.3, -0.25) is 0 Å². The molecule has 0 aliphatic carbocycles. The Morgan fingerprint density at radius 2 is 1.11 bits per heavy atom. The van der Waals surface area contributed by atoms with Gasteiger partial charge in [0.05, 0.1) is 42.7 Å². The average Bonchev–Trinajstić information content (AvgIpc) is 3.76. The Morgan fingerprint density at radius 3 is 1.64 bits per heavy atom. The maximum atomic E-state index is 11.6. The molecule has 0 saturated carbocycles. The standard InChI is InChI=1S/C37H66O7/c1-3-4-5-6-7-8-12-15-21-31(39)33-23-25-35(43-33)36-26-24-34(44-36)32(40)22-17-16-20-30(38)19-14-11-9-10-13-18-29-27-28(2)42-37(29)41/h27-28,30-36,38-40H,3-26H2,1-2H3/t28-,30+,31+,32+,33+,34?,35-,36+/m0/s1. The van der Waals surface area contributed by atoms with Crippen molar-refractivity contribution < 1.29 is 34.3 Å². The van der Waals surface area contributed by atoms with Crippen LogP contribution in [0, 0.1) is 0 Å². The van der Waals surface area contributed by atoms with E-state index < -0.39 is 6.10 Å². The molecule has 1 unspecified atom stereocenters. The summed E-state index contributed by atoms with van der Waals surface area (Å²) in [5.41, 5.74) is 0.828. The van der Waals surface area contributed by atoms with Gasteiger partial charge in [-0.1, -0.05) is 96.8 Å². The molecule has 0 radical (unpaired) electrons. The van der Waals surface area contributed by atoms with Gasteiger partial charge in [-0.2, -0.15) is 0 Å². The number of aliphatic hydroxyl groups is 3. The predicted molar refractivity (Wildman–Crippen MR) is 175 cm³/mol. The van der Waals surface area contributed by atoms with Crippen molar-refractivity contribution in [2.75, 3.05) is 0 Å². The number of carbonyl (C=O) groups excluding carboxylic acids is 1. The lowest BCUT2D eigenvalue weighted by Crippen LogP contribution is -2.33. The molecule has 3 rings (SSSR count). The van der Waals surface area contributed by atoms with E-state index >= 15 is 0 Å². The summed E-state index contributed by atoms with van der Waals surface area (Å²) >= 11 is 0. The van der Waals surface area contributed by atoms with E-state index in [1.807, 2.05) is 13.0 Å². The number of aliphatic hydroxyl groups excluding tert-OH is 3. The van der Waals surface area contributed by atoms with Crippen molar-refractivity contribution in [3.63, 3.8) is 0 Å². The van der Waals surface area contributed by atoms with Crippen LogP contribution in [0.1, 0.15) is 168 Å². The number of esters is 1. The summed E-state index contributed by atoms with van der Waals surface area (Å²) in [6, 6.07) is 0. The molecule has 0 spiro atoms. The second kappa shape index (κ2) is 21.7. The first-order valence-electron chi connectivity index (χ1n) is 18.6. The van der Waals surface area contributed by atoms with Gasteiger partial charge in [-0.25, -0.2) is 4.79 Å². The molecule has 0 amide bonds. The lowest BCUT2D eigenvalue weighted by Gasteiger charge is -2.24. The number of ether oxygens (including phenoxy) is 3. The Balaban J connectivity index is 1.14. The third-order valence-corrected chi connectivity index (χ3v) is 10.1. The molecule has 3 aliphatic heterocycles. The van der Waals surface area contributed by atoms with Gasteiger partial charge in [0.2, 0.25) is 0 Å². The van der Waals surface area contributed by atoms with Gasteiger partial charge in [-0.05, 0) is 77.2 Å². The fourth-order valence-corrected chi connectivity index (χ4v) is 7.27. The molecular formula is C37H66O7. The minimum atomic E-state index is -0.466. The quantitative estimate of drug-likeness (QED) is 0.0703. The van der Waals surface area contributed by atoms with Crippen molar-refractivity contribution in [2.24, 2.45) is 0 Å². The van der Waals surface area contributed by atoms with Crippen molar-refractivity contribution >= 4 is 5.97 Å². The van der Waals surface area contributed by atoms with Crippen LogP contribution >= 0.6 is 0 Å². The summed E-state index contributed by atoms with van der Waals surface area (Å²) < 4.78 is 17.7. The fourth-order valence-electron chi connectivity index (χ4n) is 7.27. The van der Waals surface area contributed by atoms with Crippen LogP contribution in [0.3, 0.4) is 0 Å². The molecule has 3 aliphatic rings. The van der Waals surface area contributed by atoms with E-state index in [2.05, 4.69) is 6.92 Å². The van der Waals surface area contributed by atoms with Crippen LogP contribution in [-0.4, -0.2) is 70.1 Å². The maximum Gasteiger partial charge on any atom is 0.334 e. The summed E-state index contributed by atoms with van der Waals surface area (Å²) in [4.78, 5) is 11.6. The number of cyclic esters (lactones) is 1. The van der Waals surface area contributed by atoms with Crippen molar-refractivity contribution in [3.8, 4) is 0 Å². The summed E-state index contributed by atoms with van der Waals surface area (Å²) in [5, 5.41) is 31.8. The molecule has 8 atom stereocenters. The number of rotatable bonds is 25. The number of unbranched alkanes of at least 4 members (excludes halogenated alkanes) is 12. The minimum Gasteiger partial charge on any atom is -0.455 e. The number of hydrogen-bond acceptors (Lipinski definition) is 7. The summed E-state index contributed by atoms with van der Waals surface area (Å²) in [5.74, 6) is -0.152. The summed E-state index contributed by atoms with van der Waals surface area (Å²) in [7, 11) is 0. The van der Waals surface area contributed by atoms with E-state index in [4.69, 9.17) is 14.2 Å². The van der Waals surface area contributed by atoms with Gasteiger partial charge in [0.1, 0.15) is 6.10 Å². The van der Waals surface area contributed by atoms with Crippen molar-refractivity contribution in [3.05, 3.63) is 11.6 Å². The molecule has 2 saturated heterocycles. The Kier molecular flexibility index (Phi) is 18.5. The Labute approximate surface area is 268 Å². The summed E-state index contributed by atoms with van der Waals surface area (Å²) in [6.45, 7) is 4.14. The van der Waals surface area contributed by atoms with Crippen LogP contribution in [0.25, 0.3) is 0 Å².